The van der Waals surface area contributed by atoms with Crippen LogP contribution in [0.1, 0.15) is 16.6 Å². The predicted octanol–water partition coefficient (Wildman–Crippen LogP) is 0.748. The second kappa shape index (κ2) is 8.80. The summed E-state index contributed by atoms with van der Waals surface area (Å²) >= 11 is 1.47. The summed E-state index contributed by atoms with van der Waals surface area (Å²) in [7, 11) is 0. The van der Waals surface area contributed by atoms with Crippen molar-refractivity contribution in [3.8, 4) is 0 Å². The first-order valence-corrected chi connectivity index (χ1v) is 9.08. The van der Waals surface area contributed by atoms with Gasteiger partial charge in [-0.25, -0.2) is 0 Å². The molecule has 1 atom stereocenters. The standard InChI is InChI=1S/C16H24N4O2S.ClH/c1-13-11-17-4-5-20(13)12-15(21)18-6-8-19(9-7-18)16(22)14-3-2-10-23-14;/h2-3,10,13,17H,4-9,11-12H2,1H3;1H/t13-;/m0./s1. The average Bonchev–Trinajstić information content (AvgIpc) is 3.11. The minimum Gasteiger partial charge on any atom is -0.338 e. The van der Waals surface area contributed by atoms with E-state index in [0.717, 1.165) is 24.5 Å². The minimum absolute atomic E-state index is 0. The number of thiophene rings is 1. The van der Waals surface area contributed by atoms with Crippen LogP contribution in [0.4, 0.5) is 0 Å². The highest BCUT2D eigenvalue weighted by atomic mass is 35.5. The SMILES string of the molecule is C[C@H]1CNCCN1CC(=O)N1CCN(C(=O)c2cccs2)CC1.Cl. The first kappa shape index (κ1) is 19.2. The lowest BCUT2D eigenvalue weighted by atomic mass is 10.2. The zero-order valence-electron chi connectivity index (χ0n) is 13.9. The van der Waals surface area contributed by atoms with Gasteiger partial charge in [0.25, 0.3) is 5.91 Å². The summed E-state index contributed by atoms with van der Waals surface area (Å²) in [6.45, 7) is 7.96. The van der Waals surface area contributed by atoms with E-state index in [-0.39, 0.29) is 24.2 Å². The number of piperazine rings is 2. The van der Waals surface area contributed by atoms with E-state index in [9.17, 15) is 9.59 Å². The molecule has 0 bridgehead atoms. The van der Waals surface area contributed by atoms with Crippen LogP contribution >= 0.6 is 23.7 Å². The lowest BCUT2D eigenvalue weighted by molar-refractivity contribution is -0.134. The fourth-order valence-electron chi connectivity index (χ4n) is 3.11. The number of carbonyl (C=O) groups excluding carboxylic acids is 2. The number of hydrogen-bond acceptors (Lipinski definition) is 5. The van der Waals surface area contributed by atoms with Crippen LogP contribution in [0.15, 0.2) is 17.5 Å². The molecular formula is C16H25ClN4O2S. The zero-order valence-corrected chi connectivity index (χ0v) is 15.6. The van der Waals surface area contributed by atoms with Crippen LogP contribution in [0.3, 0.4) is 0 Å². The van der Waals surface area contributed by atoms with Crippen molar-refractivity contribution in [1.29, 1.82) is 0 Å². The Morgan fingerprint density at radius 3 is 2.54 bits per heavy atom. The fraction of sp³-hybridized carbons (Fsp3) is 0.625. The van der Waals surface area contributed by atoms with Gasteiger partial charge >= 0.3 is 0 Å². The molecule has 2 fully saturated rings. The van der Waals surface area contributed by atoms with Crippen molar-refractivity contribution in [3.63, 3.8) is 0 Å². The van der Waals surface area contributed by atoms with Crippen molar-refractivity contribution < 1.29 is 9.59 Å². The molecule has 1 aromatic rings. The van der Waals surface area contributed by atoms with Crippen LogP contribution in [0, 0.1) is 0 Å². The van der Waals surface area contributed by atoms with Gasteiger partial charge in [-0.05, 0) is 18.4 Å². The van der Waals surface area contributed by atoms with E-state index in [1.807, 2.05) is 27.3 Å². The van der Waals surface area contributed by atoms with Crippen molar-refractivity contribution in [2.45, 2.75) is 13.0 Å². The fourth-order valence-corrected chi connectivity index (χ4v) is 3.80. The molecule has 3 heterocycles. The maximum atomic E-state index is 12.5. The van der Waals surface area contributed by atoms with Crippen LogP contribution < -0.4 is 5.32 Å². The first-order chi connectivity index (χ1) is 11.1. The van der Waals surface area contributed by atoms with Crippen LogP contribution in [0.2, 0.25) is 0 Å². The molecule has 0 unspecified atom stereocenters. The van der Waals surface area contributed by atoms with Crippen molar-refractivity contribution in [2.75, 3.05) is 52.4 Å². The molecule has 0 spiro atoms. The van der Waals surface area contributed by atoms with E-state index < -0.39 is 0 Å². The second-order valence-corrected chi connectivity index (χ2v) is 7.12. The third-order valence-electron chi connectivity index (χ3n) is 4.63. The molecule has 0 aliphatic carbocycles. The van der Waals surface area contributed by atoms with Crippen molar-refractivity contribution in [3.05, 3.63) is 22.4 Å². The van der Waals surface area contributed by atoms with Gasteiger partial charge in [0.15, 0.2) is 0 Å². The van der Waals surface area contributed by atoms with E-state index in [1.54, 1.807) is 0 Å². The first-order valence-electron chi connectivity index (χ1n) is 8.20. The molecule has 0 radical (unpaired) electrons. The van der Waals surface area contributed by atoms with Crippen LogP contribution in [0.25, 0.3) is 0 Å². The van der Waals surface area contributed by atoms with Crippen LogP contribution in [-0.4, -0.2) is 84.9 Å². The number of amides is 2. The molecule has 24 heavy (non-hydrogen) atoms. The van der Waals surface area contributed by atoms with E-state index in [2.05, 4.69) is 17.1 Å². The lowest BCUT2D eigenvalue weighted by Crippen LogP contribution is -2.56. The largest absolute Gasteiger partial charge is 0.338 e. The van der Waals surface area contributed by atoms with Gasteiger partial charge in [-0.1, -0.05) is 6.07 Å². The molecule has 2 aliphatic rings. The normalized spacial score (nSPS) is 22.1. The summed E-state index contributed by atoms with van der Waals surface area (Å²) in [5, 5.41) is 5.26. The Morgan fingerprint density at radius 2 is 1.92 bits per heavy atom. The maximum absolute atomic E-state index is 12.5. The number of halogens is 1. The summed E-state index contributed by atoms with van der Waals surface area (Å²) in [5.41, 5.74) is 0. The Balaban J connectivity index is 0.00000208. The molecule has 2 saturated heterocycles. The van der Waals surface area contributed by atoms with Gasteiger partial charge < -0.3 is 15.1 Å². The van der Waals surface area contributed by atoms with E-state index in [1.165, 1.54) is 11.3 Å². The lowest BCUT2D eigenvalue weighted by Gasteiger charge is -2.38. The number of carbonyl (C=O) groups is 2. The molecule has 2 aliphatic heterocycles. The van der Waals surface area contributed by atoms with Gasteiger partial charge in [0.1, 0.15) is 0 Å². The molecule has 0 aromatic carbocycles. The molecular weight excluding hydrogens is 348 g/mol. The monoisotopic (exact) mass is 372 g/mol. The average molecular weight is 373 g/mol. The highest BCUT2D eigenvalue weighted by Crippen LogP contribution is 2.14. The minimum atomic E-state index is 0. The Hall–Kier alpha value is -1.15. The van der Waals surface area contributed by atoms with Gasteiger partial charge in [-0.15, -0.1) is 23.7 Å². The summed E-state index contributed by atoms with van der Waals surface area (Å²) in [5.74, 6) is 0.268. The second-order valence-electron chi connectivity index (χ2n) is 6.17. The summed E-state index contributed by atoms with van der Waals surface area (Å²) in [6.07, 6.45) is 0. The Kier molecular flexibility index (Phi) is 7.03. The molecule has 1 aromatic heterocycles. The van der Waals surface area contributed by atoms with Gasteiger partial charge in [0.2, 0.25) is 5.91 Å². The zero-order chi connectivity index (χ0) is 16.2. The number of nitrogens with zero attached hydrogens (tertiary/aromatic N) is 3. The van der Waals surface area contributed by atoms with E-state index in [0.29, 0.717) is 38.8 Å². The highest BCUT2D eigenvalue weighted by molar-refractivity contribution is 7.12. The Morgan fingerprint density at radius 1 is 1.21 bits per heavy atom. The Bertz CT molecular complexity index is 546. The summed E-state index contributed by atoms with van der Waals surface area (Å²) in [4.78, 5) is 31.6. The van der Waals surface area contributed by atoms with E-state index >= 15 is 0 Å². The highest BCUT2D eigenvalue weighted by Gasteiger charge is 2.27. The van der Waals surface area contributed by atoms with Gasteiger partial charge in [-0.3, -0.25) is 14.5 Å². The predicted molar refractivity (Wildman–Crippen MR) is 98.0 cm³/mol. The van der Waals surface area contributed by atoms with Crippen molar-refractivity contribution >= 4 is 35.6 Å². The molecule has 6 nitrogen and oxygen atoms in total. The topological polar surface area (TPSA) is 55.9 Å². The summed E-state index contributed by atoms with van der Waals surface area (Å²) in [6, 6.07) is 4.15. The van der Waals surface area contributed by atoms with Crippen molar-refractivity contribution in [2.24, 2.45) is 0 Å². The van der Waals surface area contributed by atoms with Crippen molar-refractivity contribution in [1.82, 2.24) is 20.0 Å². The molecule has 3 rings (SSSR count). The van der Waals surface area contributed by atoms with Gasteiger partial charge in [-0.2, -0.15) is 0 Å². The maximum Gasteiger partial charge on any atom is 0.264 e. The molecule has 1 N–H and O–H groups in total. The third kappa shape index (κ3) is 4.47. The van der Waals surface area contributed by atoms with Crippen LogP contribution in [0.5, 0.6) is 0 Å². The number of hydrogen-bond donors (Lipinski definition) is 1. The summed E-state index contributed by atoms with van der Waals surface area (Å²) < 4.78 is 0. The van der Waals surface area contributed by atoms with E-state index in [4.69, 9.17) is 0 Å². The van der Waals surface area contributed by atoms with Crippen LogP contribution in [-0.2, 0) is 4.79 Å². The van der Waals surface area contributed by atoms with Gasteiger partial charge in [0, 0.05) is 51.9 Å². The number of rotatable bonds is 3. The smallest absolute Gasteiger partial charge is 0.264 e. The number of nitrogens with one attached hydrogen (secondary N) is 1. The Labute approximate surface area is 153 Å². The molecule has 8 heteroatoms. The molecule has 2 amide bonds. The molecule has 0 saturated carbocycles. The molecule has 134 valence electrons. The quantitative estimate of drug-likeness (QED) is 0.850. The third-order valence-corrected chi connectivity index (χ3v) is 5.49. The van der Waals surface area contributed by atoms with Gasteiger partial charge in [0.05, 0.1) is 11.4 Å².